The Morgan fingerprint density at radius 2 is 2.33 bits per heavy atom. The molecule has 6 nitrogen and oxygen atoms in total. The number of amides is 1. The Morgan fingerprint density at radius 3 is 2.89 bits per heavy atom. The van der Waals surface area contributed by atoms with Gasteiger partial charge in [-0.3, -0.25) is 4.79 Å². The molecule has 0 N–H and O–H groups in total. The molecule has 0 saturated heterocycles. The van der Waals surface area contributed by atoms with Crippen molar-refractivity contribution in [3.8, 4) is 6.07 Å². The molecule has 2 rings (SSSR count). The maximum atomic E-state index is 12.4. The normalized spacial score (nSPS) is 17.3. The molecule has 0 aromatic carbocycles. The highest BCUT2D eigenvalue weighted by molar-refractivity contribution is 5.80. The maximum Gasteiger partial charge on any atom is 0.248 e. The summed E-state index contributed by atoms with van der Waals surface area (Å²) in [5, 5.41) is 12.9. The second-order valence-corrected chi connectivity index (χ2v) is 4.61. The van der Waals surface area contributed by atoms with E-state index in [1.807, 2.05) is 0 Å². The molecule has 1 aromatic heterocycles. The van der Waals surface area contributed by atoms with E-state index in [4.69, 9.17) is 5.26 Å². The summed E-state index contributed by atoms with van der Waals surface area (Å²) in [6.45, 7) is 1.94. The molecular formula is C12H17N5O. The van der Waals surface area contributed by atoms with Gasteiger partial charge in [0.2, 0.25) is 5.91 Å². The van der Waals surface area contributed by atoms with E-state index < -0.39 is 6.04 Å². The van der Waals surface area contributed by atoms with Crippen molar-refractivity contribution in [3.63, 3.8) is 0 Å². The molecule has 1 heterocycles. The molecule has 0 bridgehead atoms. The van der Waals surface area contributed by atoms with Crippen LogP contribution in [-0.4, -0.2) is 38.2 Å². The van der Waals surface area contributed by atoms with Crippen LogP contribution in [0.1, 0.15) is 38.6 Å². The van der Waals surface area contributed by atoms with Crippen LogP contribution in [0.2, 0.25) is 0 Å². The van der Waals surface area contributed by atoms with E-state index in [1.54, 1.807) is 11.8 Å². The molecule has 0 aliphatic heterocycles. The first kappa shape index (κ1) is 12.6. The topological polar surface area (TPSA) is 74.8 Å². The molecule has 1 aliphatic rings. The van der Waals surface area contributed by atoms with Crippen LogP contribution in [0.5, 0.6) is 0 Å². The number of hydrogen-bond donors (Lipinski definition) is 0. The predicted octanol–water partition coefficient (Wildman–Crippen LogP) is 1.13. The lowest BCUT2D eigenvalue weighted by atomic mass is 10.1. The summed E-state index contributed by atoms with van der Waals surface area (Å²) in [5.74, 6) is -0.0473. The average Bonchev–Trinajstić information content (AvgIpc) is 3.05. The summed E-state index contributed by atoms with van der Waals surface area (Å²) in [4.78, 5) is 17.9. The lowest BCUT2D eigenvalue weighted by molar-refractivity contribution is -0.136. The van der Waals surface area contributed by atoms with E-state index in [9.17, 15) is 4.79 Å². The number of aromatic nitrogens is 3. The van der Waals surface area contributed by atoms with E-state index in [0.717, 1.165) is 25.7 Å². The lowest BCUT2D eigenvalue weighted by Gasteiger charge is -2.29. The molecule has 1 unspecified atom stereocenters. The minimum absolute atomic E-state index is 0.0473. The van der Waals surface area contributed by atoms with Gasteiger partial charge in [-0.05, 0) is 19.8 Å². The average molecular weight is 247 g/mol. The van der Waals surface area contributed by atoms with Crippen LogP contribution in [0.15, 0.2) is 12.7 Å². The zero-order chi connectivity index (χ0) is 13.0. The Bertz CT molecular complexity index is 430. The molecule has 18 heavy (non-hydrogen) atoms. The quantitative estimate of drug-likeness (QED) is 0.747. The van der Waals surface area contributed by atoms with Gasteiger partial charge in [-0.1, -0.05) is 12.8 Å². The van der Waals surface area contributed by atoms with Gasteiger partial charge < -0.3 is 4.90 Å². The lowest BCUT2D eigenvalue weighted by Crippen LogP contribution is -2.42. The molecule has 1 fully saturated rings. The van der Waals surface area contributed by atoms with E-state index in [0.29, 0.717) is 0 Å². The SMILES string of the molecule is CC(C(=O)N(CC#N)C1CCCC1)n1cncn1. The van der Waals surface area contributed by atoms with Gasteiger partial charge >= 0.3 is 0 Å². The first-order valence-corrected chi connectivity index (χ1v) is 6.25. The Balaban J connectivity index is 2.10. The van der Waals surface area contributed by atoms with Gasteiger partial charge in [-0.2, -0.15) is 10.4 Å². The highest BCUT2D eigenvalue weighted by atomic mass is 16.2. The van der Waals surface area contributed by atoms with Gasteiger partial charge in [0.25, 0.3) is 0 Å². The highest BCUT2D eigenvalue weighted by Gasteiger charge is 2.30. The largest absolute Gasteiger partial charge is 0.325 e. The van der Waals surface area contributed by atoms with Gasteiger partial charge in [-0.25, -0.2) is 9.67 Å². The van der Waals surface area contributed by atoms with Crippen molar-refractivity contribution in [1.82, 2.24) is 19.7 Å². The molecule has 96 valence electrons. The maximum absolute atomic E-state index is 12.4. The molecule has 1 aromatic rings. The van der Waals surface area contributed by atoms with E-state index in [1.165, 1.54) is 17.3 Å². The smallest absolute Gasteiger partial charge is 0.248 e. The van der Waals surface area contributed by atoms with E-state index in [-0.39, 0.29) is 18.5 Å². The summed E-state index contributed by atoms with van der Waals surface area (Å²) in [5.41, 5.74) is 0. The van der Waals surface area contributed by atoms with Crippen molar-refractivity contribution >= 4 is 5.91 Å². The molecule has 1 atom stereocenters. The third-order valence-electron chi connectivity index (χ3n) is 3.48. The Kier molecular flexibility index (Phi) is 3.92. The van der Waals surface area contributed by atoms with Crippen molar-refractivity contribution < 1.29 is 4.79 Å². The van der Waals surface area contributed by atoms with Crippen molar-refractivity contribution in [3.05, 3.63) is 12.7 Å². The van der Waals surface area contributed by atoms with Crippen molar-refractivity contribution in [2.24, 2.45) is 0 Å². The van der Waals surface area contributed by atoms with Gasteiger partial charge in [-0.15, -0.1) is 0 Å². The minimum Gasteiger partial charge on any atom is -0.325 e. The van der Waals surface area contributed by atoms with Crippen LogP contribution in [0.3, 0.4) is 0 Å². The fourth-order valence-corrected chi connectivity index (χ4v) is 2.45. The summed E-state index contributed by atoms with van der Waals surface area (Å²) in [6.07, 6.45) is 7.21. The summed E-state index contributed by atoms with van der Waals surface area (Å²) in [6, 6.07) is 1.90. The second-order valence-electron chi connectivity index (χ2n) is 4.61. The number of rotatable bonds is 4. The summed E-state index contributed by atoms with van der Waals surface area (Å²) in [7, 11) is 0. The monoisotopic (exact) mass is 247 g/mol. The Morgan fingerprint density at radius 1 is 1.61 bits per heavy atom. The van der Waals surface area contributed by atoms with Gasteiger partial charge in [0, 0.05) is 6.04 Å². The molecule has 0 radical (unpaired) electrons. The van der Waals surface area contributed by atoms with Crippen LogP contribution in [0.4, 0.5) is 0 Å². The Labute approximate surface area is 106 Å². The van der Waals surface area contributed by atoms with Gasteiger partial charge in [0.15, 0.2) is 0 Å². The van der Waals surface area contributed by atoms with Crippen LogP contribution < -0.4 is 0 Å². The zero-order valence-corrected chi connectivity index (χ0v) is 10.5. The third kappa shape index (κ3) is 2.50. The molecule has 0 spiro atoms. The number of hydrogen-bond acceptors (Lipinski definition) is 4. The van der Waals surface area contributed by atoms with Crippen molar-refractivity contribution in [1.29, 1.82) is 5.26 Å². The highest BCUT2D eigenvalue weighted by Crippen LogP contribution is 2.25. The fourth-order valence-electron chi connectivity index (χ4n) is 2.45. The number of nitrogens with zero attached hydrogens (tertiary/aromatic N) is 5. The van der Waals surface area contributed by atoms with Crippen LogP contribution >= 0.6 is 0 Å². The number of nitriles is 1. The first-order chi connectivity index (χ1) is 8.74. The van der Waals surface area contributed by atoms with Gasteiger partial charge in [0.05, 0.1) is 6.07 Å². The van der Waals surface area contributed by atoms with Crippen LogP contribution in [0, 0.1) is 11.3 Å². The molecule has 1 saturated carbocycles. The molecular weight excluding hydrogens is 230 g/mol. The van der Waals surface area contributed by atoms with E-state index in [2.05, 4.69) is 16.2 Å². The number of carbonyl (C=O) groups excluding carboxylic acids is 1. The van der Waals surface area contributed by atoms with Crippen LogP contribution in [-0.2, 0) is 4.79 Å². The molecule has 6 heteroatoms. The second kappa shape index (κ2) is 5.63. The fraction of sp³-hybridized carbons (Fsp3) is 0.667. The molecule has 1 aliphatic carbocycles. The predicted molar refractivity (Wildman–Crippen MR) is 64.3 cm³/mol. The number of carbonyl (C=O) groups is 1. The summed E-state index contributed by atoms with van der Waals surface area (Å²) < 4.78 is 1.53. The first-order valence-electron chi connectivity index (χ1n) is 6.25. The Hall–Kier alpha value is -1.90. The van der Waals surface area contributed by atoms with Crippen molar-refractivity contribution in [2.45, 2.75) is 44.7 Å². The van der Waals surface area contributed by atoms with Crippen LogP contribution in [0.25, 0.3) is 0 Å². The van der Waals surface area contributed by atoms with Crippen molar-refractivity contribution in [2.75, 3.05) is 6.54 Å². The minimum atomic E-state index is -0.401. The zero-order valence-electron chi connectivity index (χ0n) is 10.5. The van der Waals surface area contributed by atoms with E-state index >= 15 is 0 Å². The third-order valence-corrected chi connectivity index (χ3v) is 3.48. The van der Waals surface area contributed by atoms with Gasteiger partial charge in [0.1, 0.15) is 25.2 Å². The molecule has 1 amide bonds. The summed E-state index contributed by atoms with van der Waals surface area (Å²) >= 11 is 0. The standard InChI is InChI=1S/C12H17N5O/c1-10(17-9-14-8-15-17)12(18)16(7-6-13)11-4-2-3-5-11/h8-11H,2-5,7H2,1H3.